The van der Waals surface area contributed by atoms with Gasteiger partial charge in [0, 0.05) is 12.1 Å². The number of fused-ring (bicyclic) bond motifs is 2. The Kier molecular flexibility index (Phi) is 1.81. The highest BCUT2D eigenvalue weighted by Gasteiger charge is 2.45. The molecule has 1 N–H and O–H groups in total. The number of aromatic amines is 1. The Bertz CT molecular complexity index is 534. The van der Waals surface area contributed by atoms with Crippen LogP contribution in [0.1, 0.15) is 27.7 Å². The summed E-state index contributed by atoms with van der Waals surface area (Å²) in [5, 5.41) is 0. The van der Waals surface area contributed by atoms with Gasteiger partial charge in [0.05, 0.1) is 17.4 Å². The first-order chi connectivity index (χ1) is 7.89. The lowest BCUT2D eigenvalue weighted by atomic mass is 9.88. The number of hydrogen-bond acceptors (Lipinski definition) is 3. The minimum atomic E-state index is -0.371. The van der Waals surface area contributed by atoms with E-state index in [1.165, 1.54) is 0 Å². The third-order valence-electron chi connectivity index (χ3n) is 3.67. The first-order valence-corrected chi connectivity index (χ1v) is 5.74. The SMILES string of the molecule is CC1(C)Oc2cc3nc[nH]c3cc2OC1(C)C. The number of ether oxygens (including phenoxy) is 2. The molecule has 1 aromatic carbocycles. The maximum atomic E-state index is 6.04. The molecule has 2 heterocycles. The normalized spacial score (nSPS) is 20.5. The van der Waals surface area contributed by atoms with Crippen molar-refractivity contribution < 1.29 is 9.47 Å². The largest absolute Gasteiger partial charge is 0.480 e. The summed E-state index contributed by atoms with van der Waals surface area (Å²) in [4.78, 5) is 7.29. The molecule has 0 saturated carbocycles. The molecule has 1 aromatic heterocycles. The molecule has 3 rings (SSSR count). The fourth-order valence-corrected chi connectivity index (χ4v) is 1.90. The van der Waals surface area contributed by atoms with Crippen LogP contribution in [0.4, 0.5) is 0 Å². The van der Waals surface area contributed by atoms with E-state index < -0.39 is 0 Å². The van der Waals surface area contributed by atoms with Crippen LogP contribution in [-0.2, 0) is 0 Å². The summed E-state index contributed by atoms with van der Waals surface area (Å²) in [7, 11) is 0. The minimum absolute atomic E-state index is 0.367. The molecule has 0 aliphatic carbocycles. The number of nitrogens with zero attached hydrogens (tertiary/aromatic N) is 1. The average molecular weight is 232 g/mol. The van der Waals surface area contributed by atoms with Gasteiger partial charge >= 0.3 is 0 Å². The molecule has 1 aliphatic rings. The van der Waals surface area contributed by atoms with E-state index in [4.69, 9.17) is 9.47 Å². The zero-order valence-electron chi connectivity index (χ0n) is 10.5. The molecular formula is C13H16N2O2. The molecule has 90 valence electrons. The first kappa shape index (κ1) is 10.4. The molecule has 0 fully saturated rings. The number of hydrogen-bond donors (Lipinski definition) is 1. The van der Waals surface area contributed by atoms with E-state index in [9.17, 15) is 0 Å². The summed E-state index contributed by atoms with van der Waals surface area (Å²) >= 11 is 0. The molecule has 0 radical (unpaired) electrons. The molecular weight excluding hydrogens is 216 g/mol. The Labute approximate surface area is 100.0 Å². The van der Waals surface area contributed by atoms with E-state index in [1.807, 2.05) is 39.8 Å². The number of H-pyrrole nitrogens is 1. The summed E-state index contributed by atoms with van der Waals surface area (Å²) in [5.41, 5.74) is 1.11. The van der Waals surface area contributed by atoms with Gasteiger partial charge in [0.2, 0.25) is 0 Å². The van der Waals surface area contributed by atoms with Gasteiger partial charge in [-0.05, 0) is 27.7 Å². The summed E-state index contributed by atoms with van der Waals surface area (Å²) in [6, 6.07) is 3.85. The van der Waals surface area contributed by atoms with Crippen molar-refractivity contribution in [3.8, 4) is 11.5 Å². The van der Waals surface area contributed by atoms with Gasteiger partial charge in [-0.1, -0.05) is 0 Å². The van der Waals surface area contributed by atoms with Crippen LogP contribution in [0.3, 0.4) is 0 Å². The Morgan fingerprint density at radius 1 is 1.00 bits per heavy atom. The number of rotatable bonds is 0. The summed E-state index contributed by atoms with van der Waals surface area (Å²) in [6.45, 7) is 8.13. The number of benzene rings is 1. The van der Waals surface area contributed by atoms with E-state index in [-0.39, 0.29) is 11.2 Å². The predicted molar refractivity (Wildman–Crippen MR) is 65.5 cm³/mol. The highest BCUT2D eigenvalue weighted by atomic mass is 16.6. The highest BCUT2D eigenvalue weighted by Crippen LogP contribution is 2.44. The van der Waals surface area contributed by atoms with Crippen LogP contribution in [0.15, 0.2) is 18.5 Å². The van der Waals surface area contributed by atoms with Crippen LogP contribution in [0, 0.1) is 0 Å². The van der Waals surface area contributed by atoms with Crippen molar-refractivity contribution in [2.45, 2.75) is 38.9 Å². The van der Waals surface area contributed by atoms with E-state index >= 15 is 0 Å². The van der Waals surface area contributed by atoms with Gasteiger partial charge in [-0.25, -0.2) is 4.98 Å². The van der Waals surface area contributed by atoms with Gasteiger partial charge in [-0.15, -0.1) is 0 Å². The van der Waals surface area contributed by atoms with Crippen molar-refractivity contribution in [1.82, 2.24) is 9.97 Å². The van der Waals surface area contributed by atoms with Gasteiger partial charge in [0.25, 0.3) is 0 Å². The Morgan fingerprint density at radius 2 is 1.59 bits per heavy atom. The molecule has 4 heteroatoms. The topological polar surface area (TPSA) is 47.1 Å². The van der Waals surface area contributed by atoms with E-state index in [0.29, 0.717) is 0 Å². The van der Waals surface area contributed by atoms with Crippen molar-refractivity contribution >= 4 is 11.0 Å². The van der Waals surface area contributed by atoms with Gasteiger partial charge < -0.3 is 14.5 Å². The second-order valence-electron chi connectivity index (χ2n) is 5.44. The predicted octanol–water partition coefficient (Wildman–Crippen LogP) is 2.89. The maximum absolute atomic E-state index is 6.04. The fraction of sp³-hybridized carbons (Fsp3) is 0.462. The second-order valence-corrected chi connectivity index (χ2v) is 5.44. The molecule has 2 aromatic rings. The summed E-state index contributed by atoms with van der Waals surface area (Å²) < 4.78 is 12.1. The molecule has 17 heavy (non-hydrogen) atoms. The standard InChI is InChI=1S/C13H16N2O2/c1-12(2)13(3,4)17-11-6-9-8(14-7-15-9)5-10(11)16-12/h5-7H,1-4H3,(H,14,15). The van der Waals surface area contributed by atoms with Crippen LogP contribution in [0.5, 0.6) is 11.5 Å². The first-order valence-electron chi connectivity index (χ1n) is 5.74. The summed E-state index contributed by atoms with van der Waals surface area (Å²) in [6.07, 6.45) is 1.67. The highest BCUT2D eigenvalue weighted by molar-refractivity contribution is 5.79. The van der Waals surface area contributed by atoms with Crippen LogP contribution in [0.2, 0.25) is 0 Å². The number of imidazole rings is 1. The van der Waals surface area contributed by atoms with Crippen molar-refractivity contribution in [1.29, 1.82) is 0 Å². The summed E-state index contributed by atoms with van der Waals surface area (Å²) in [5.74, 6) is 1.53. The van der Waals surface area contributed by atoms with Crippen molar-refractivity contribution in [3.05, 3.63) is 18.5 Å². The van der Waals surface area contributed by atoms with Crippen LogP contribution in [-0.4, -0.2) is 21.2 Å². The van der Waals surface area contributed by atoms with Gasteiger partial charge in [-0.3, -0.25) is 0 Å². The third-order valence-corrected chi connectivity index (χ3v) is 3.67. The van der Waals surface area contributed by atoms with Gasteiger partial charge in [0.15, 0.2) is 11.5 Å². The number of aromatic nitrogens is 2. The van der Waals surface area contributed by atoms with Gasteiger partial charge in [0.1, 0.15) is 11.2 Å². The van der Waals surface area contributed by atoms with E-state index in [2.05, 4.69) is 9.97 Å². The Morgan fingerprint density at radius 3 is 2.24 bits per heavy atom. The molecule has 1 aliphatic heterocycles. The quantitative estimate of drug-likeness (QED) is 0.759. The van der Waals surface area contributed by atoms with Crippen molar-refractivity contribution in [3.63, 3.8) is 0 Å². The number of nitrogens with one attached hydrogen (secondary N) is 1. The molecule has 0 saturated heterocycles. The molecule has 4 nitrogen and oxygen atoms in total. The molecule has 0 unspecified atom stereocenters. The maximum Gasteiger partial charge on any atom is 0.164 e. The average Bonchev–Trinajstić information content (AvgIpc) is 2.62. The van der Waals surface area contributed by atoms with Crippen LogP contribution >= 0.6 is 0 Å². The molecule has 0 amide bonds. The van der Waals surface area contributed by atoms with E-state index in [1.54, 1.807) is 6.33 Å². The molecule has 0 spiro atoms. The lowest BCUT2D eigenvalue weighted by molar-refractivity contribution is -0.0989. The Balaban J connectivity index is 2.18. The monoisotopic (exact) mass is 232 g/mol. The third kappa shape index (κ3) is 1.40. The van der Waals surface area contributed by atoms with Crippen molar-refractivity contribution in [2.75, 3.05) is 0 Å². The van der Waals surface area contributed by atoms with Crippen LogP contribution in [0.25, 0.3) is 11.0 Å². The molecule has 0 bridgehead atoms. The lowest BCUT2D eigenvalue weighted by Crippen LogP contribution is -2.56. The zero-order chi connectivity index (χ0) is 12.3. The van der Waals surface area contributed by atoms with Gasteiger partial charge in [-0.2, -0.15) is 0 Å². The Hall–Kier alpha value is -1.71. The second kappa shape index (κ2) is 2.94. The van der Waals surface area contributed by atoms with E-state index in [0.717, 1.165) is 22.5 Å². The minimum Gasteiger partial charge on any atom is -0.480 e. The fourth-order valence-electron chi connectivity index (χ4n) is 1.90. The zero-order valence-corrected chi connectivity index (χ0v) is 10.5. The molecule has 0 atom stereocenters. The van der Waals surface area contributed by atoms with Crippen LogP contribution < -0.4 is 9.47 Å². The smallest absolute Gasteiger partial charge is 0.164 e. The van der Waals surface area contributed by atoms with Crippen molar-refractivity contribution in [2.24, 2.45) is 0 Å². The lowest BCUT2D eigenvalue weighted by Gasteiger charge is -2.45.